The second-order valence-corrected chi connectivity index (χ2v) is 9.61. The van der Waals surface area contributed by atoms with Crippen molar-refractivity contribution in [2.24, 2.45) is 17.8 Å². The highest BCUT2D eigenvalue weighted by Gasteiger charge is 2.48. The number of benzene rings is 2. The van der Waals surface area contributed by atoms with E-state index in [0.717, 1.165) is 24.2 Å². The monoisotopic (exact) mass is 406 g/mol. The molecule has 0 amide bonds. The van der Waals surface area contributed by atoms with Crippen LogP contribution in [0.1, 0.15) is 57.5 Å². The molecule has 4 nitrogen and oxygen atoms in total. The molecule has 1 unspecified atom stereocenters. The average Bonchev–Trinajstić information content (AvgIpc) is 3.41. The van der Waals surface area contributed by atoms with Gasteiger partial charge in [-0.15, -0.1) is 0 Å². The minimum atomic E-state index is -1.47. The van der Waals surface area contributed by atoms with E-state index in [0.29, 0.717) is 45.8 Å². The highest BCUT2D eigenvalue weighted by molar-refractivity contribution is 7.89. The van der Waals surface area contributed by atoms with E-state index < -0.39 is 10.8 Å². The number of rotatable bonds is 3. The van der Waals surface area contributed by atoms with E-state index >= 15 is 0 Å². The third-order valence-corrected chi connectivity index (χ3v) is 8.25. The van der Waals surface area contributed by atoms with Crippen molar-refractivity contribution in [3.8, 4) is 0 Å². The van der Waals surface area contributed by atoms with Gasteiger partial charge in [-0.05, 0) is 49.5 Å². The van der Waals surface area contributed by atoms with Gasteiger partial charge in [0.25, 0.3) is 0 Å². The number of fused-ring (bicyclic) bond motifs is 3. The van der Waals surface area contributed by atoms with Gasteiger partial charge < -0.3 is 5.11 Å². The lowest BCUT2D eigenvalue weighted by Gasteiger charge is -2.20. The highest BCUT2D eigenvalue weighted by Crippen LogP contribution is 2.53. The number of hydrogen-bond acceptors (Lipinski definition) is 4. The van der Waals surface area contributed by atoms with Crippen molar-refractivity contribution < 1.29 is 18.9 Å². The van der Waals surface area contributed by atoms with Gasteiger partial charge in [0.15, 0.2) is 11.6 Å². The largest absolute Gasteiger partial charge is 0.396 e. The van der Waals surface area contributed by atoms with Crippen LogP contribution in [0, 0.1) is 17.8 Å². The standard InChI is InChI=1S/C24H22O4S/c25-13-20-15-8-3-5-14(11-12-16(15)20)29(28)21-10-4-9-19-22(21)24(27)18-7-2-1-6-17(18)23(19)26/h1-2,4-7,9-10,15-16,20,25H,3,8,11-13H2/b14-5+/t15-,16+,20-,29?/m1/s1. The lowest BCUT2D eigenvalue weighted by atomic mass is 9.84. The quantitative estimate of drug-likeness (QED) is 0.717. The third kappa shape index (κ3) is 2.95. The van der Waals surface area contributed by atoms with Crippen molar-refractivity contribution in [1.82, 2.24) is 0 Å². The number of aliphatic hydroxyl groups is 1. The first-order valence-electron chi connectivity index (χ1n) is 10.1. The molecule has 4 atom stereocenters. The molecule has 0 bridgehead atoms. The third-order valence-electron chi connectivity index (χ3n) is 6.67. The first kappa shape index (κ1) is 18.6. The summed E-state index contributed by atoms with van der Waals surface area (Å²) in [5.41, 5.74) is 1.42. The minimum Gasteiger partial charge on any atom is -0.396 e. The summed E-state index contributed by atoms with van der Waals surface area (Å²) >= 11 is 0. The number of aliphatic hydroxyl groups excluding tert-OH is 1. The molecule has 5 rings (SSSR count). The zero-order chi connectivity index (χ0) is 20.1. The van der Waals surface area contributed by atoms with Gasteiger partial charge in [0.2, 0.25) is 0 Å². The Labute approximate surface area is 172 Å². The van der Waals surface area contributed by atoms with Crippen LogP contribution in [-0.2, 0) is 10.8 Å². The molecule has 0 aromatic heterocycles. The van der Waals surface area contributed by atoms with Crippen LogP contribution in [0.3, 0.4) is 0 Å². The molecule has 0 spiro atoms. The van der Waals surface area contributed by atoms with Crippen LogP contribution in [0.4, 0.5) is 0 Å². The number of carbonyl (C=O) groups excluding carboxylic acids is 2. The first-order chi connectivity index (χ1) is 14.1. The Bertz CT molecular complexity index is 1080. The van der Waals surface area contributed by atoms with Gasteiger partial charge in [-0.3, -0.25) is 9.59 Å². The van der Waals surface area contributed by atoms with E-state index in [4.69, 9.17) is 0 Å². The highest BCUT2D eigenvalue weighted by atomic mass is 32.2. The maximum absolute atomic E-state index is 13.5. The molecule has 3 aliphatic rings. The van der Waals surface area contributed by atoms with E-state index in [2.05, 4.69) is 0 Å². The van der Waals surface area contributed by atoms with Gasteiger partial charge in [0, 0.05) is 28.2 Å². The van der Waals surface area contributed by atoms with Gasteiger partial charge in [-0.1, -0.05) is 42.5 Å². The summed E-state index contributed by atoms with van der Waals surface area (Å²) in [6.07, 6.45) is 5.50. The summed E-state index contributed by atoms with van der Waals surface area (Å²) in [6.45, 7) is 0.232. The maximum atomic E-state index is 13.5. The molecule has 0 aliphatic heterocycles. The van der Waals surface area contributed by atoms with Gasteiger partial charge in [0.05, 0.1) is 21.3 Å². The zero-order valence-electron chi connectivity index (χ0n) is 16.0. The smallest absolute Gasteiger partial charge is 0.195 e. The van der Waals surface area contributed by atoms with Crippen molar-refractivity contribution in [1.29, 1.82) is 0 Å². The van der Waals surface area contributed by atoms with Crippen molar-refractivity contribution >= 4 is 22.4 Å². The molecular weight excluding hydrogens is 384 g/mol. The molecule has 29 heavy (non-hydrogen) atoms. The predicted molar refractivity (Wildman–Crippen MR) is 110 cm³/mol. The van der Waals surface area contributed by atoms with Gasteiger partial charge >= 0.3 is 0 Å². The van der Waals surface area contributed by atoms with E-state index in [1.54, 1.807) is 42.5 Å². The number of carbonyl (C=O) groups is 2. The topological polar surface area (TPSA) is 71.4 Å². The van der Waals surface area contributed by atoms with Gasteiger partial charge in [-0.2, -0.15) is 0 Å². The lowest BCUT2D eigenvalue weighted by Crippen LogP contribution is -2.23. The summed E-state index contributed by atoms with van der Waals surface area (Å²) in [4.78, 5) is 27.4. The summed E-state index contributed by atoms with van der Waals surface area (Å²) < 4.78 is 13.5. The van der Waals surface area contributed by atoms with Crippen LogP contribution in [0.15, 0.2) is 58.3 Å². The second kappa shape index (κ2) is 7.15. The molecule has 1 N–H and O–H groups in total. The van der Waals surface area contributed by atoms with E-state index in [1.165, 1.54) is 0 Å². The number of allylic oxidation sites excluding steroid dienone is 2. The molecule has 2 aromatic carbocycles. The van der Waals surface area contributed by atoms with Crippen LogP contribution < -0.4 is 0 Å². The van der Waals surface area contributed by atoms with Crippen LogP contribution in [0.25, 0.3) is 0 Å². The molecular formula is C24H22O4S. The Hall–Kier alpha value is -2.37. The van der Waals surface area contributed by atoms with E-state index in [1.807, 2.05) is 6.08 Å². The van der Waals surface area contributed by atoms with E-state index in [-0.39, 0.29) is 23.7 Å². The van der Waals surface area contributed by atoms with Crippen molar-refractivity contribution in [2.45, 2.75) is 30.6 Å². The zero-order valence-corrected chi connectivity index (χ0v) is 16.8. The fourth-order valence-corrected chi connectivity index (χ4v) is 6.52. The Morgan fingerprint density at radius 3 is 2.34 bits per heavy atom. The normalized spacial score (nSPS) is 28.2. The Morgan fingerprint density at radius 1 is 0.897 bits per heavy atom. The maximum Gasteiger partial charge on any atom is 0.195 e. The van der Waals surface area contributed by atoms with Crippen LogP contribution >= 0.6 is 0 Å². The molecule has 2 aromatic rings. The average molecular weight is 407 g/mol. The SMILES string of the molecule is O=C1c2ccccc2C(=O)c2c1cccc2S(=O)/C1=C/CC[C@H]2[C@@H](CO)[C@H]2CC1. The predicted octanol–water partition coefficient (Wildman–Crippen LogP) is 3.88. The second-order valence-electron chi connectivity index (χ2n) is 8.11. The van der Waals surface area contributed by atoms with Crippen LogP contribution in [0.5, 0.6) is 0 Å². The molecule has 0 saturated heterocycles. The molecule has 148 valence electrons. The molecule has 1 fully saturated rings. The number of hydrogen-bond donors (Lipinski definition) is 1. The molecule has 0 radical (unpaired) electrons. The molecule has 1 saturated carbocycles. The molecule has 3 aliphatic carbocycles. The fourth-order valence-electron chi connectivity index (χ4n) is 5.08. The Balaban J connectivity index is 1.51. The van der Waals surface area contributed by atoms with Crippen LogP contribution in [-0.4, -0.2) is 27.5 Å². The summed E-state index contributed by atoms with van der Waals surface area (Å²) in [5.74, 6) is 1.07. The Morgan fingerprint density at radius 2 is 1.59 bits per heavy atom. The van der Waals surface area contributed by atoms with Gasteiger partial charge in [0.1, 0.15) is 0 Å². The number of ketones is 2. The summed E-state index contributed by atoms with van der Waals surface area (Å²) in [6, 6.07) is 11.9. The van der Waals surface area contributed by atoms with E-state index in [9.17, 15) is 18.9 Å². The Kier molecular flexibility index (Phi) is 4.60. The van der Waals surface area contributed by atoms with Crippen LogP contribution in [0.2, 0.25) is 0 Å². The van der Waals surface area contributed by atoms with Gasteiger partial charge in [-0.25, -0.2) is 4.21 Å². The molecule has 0 heterocycles. The lowest BCUT2D eigenvalue weighted by molar-refractivity contribution is 0.0977. The fraction of sp³-hybridized carbons (Fsp3) is 0.333. The summed E-state index contributed by atoms with van der Waals surface area (Å²) in [7, 11) is -1.47. The van der Waals surface area contributed by atoms with Crippen molar-refractivity contribution in [3.05, 3.63) is 75.7 Å². The minimum absolute atomic E-state index is 0.188. The van der Waals surface area contributed by atoms with Crippen molar-refractivity contribution in [3.63, 3.8) is 0 Å². The molecule has 5 heteroatoms. The van der Waals surface area contributed by atoms with Crippen molar-refractivity contribution in [2.75, 3.05) is 6.61 Å². The first-order valence-corrected chi connectivity index (χ1v) is 11.3. The summed E-state index contributed by atoms with van der Waals surface area (Å²) in [5, 5.41) is 9.49.